The van der Waals surface area contributed by atoms with Crippen molar-refractivity contribution in [1.82, 2.24) is 15.1 Å². The normalized spacial score (nSPS) is 21.5. The summed E-state index contributed by atoms with van der Waals surface area (Å²) in [5, 5.41) is 3.32. The molecule has 0 spiro atoms. The molecule has 2 atom stereocenters. The summed E-state index contributed by atoms with van der Waals surface area (Å²) >= 11 is 0. The van der Waals surface area contributed by atoms with Crippen molar-refractivity contribution >= 4 is 11.9 Å². The fourth-order valence-corrected chi connectivity index (χ4v) is 3.47. The van der Waals surface area contributed by atoms with Crippen LogP contribution in [-0.4, -0.2) is 80.3 Å². The second-order valence-electron chi connectivity index (χ2n) is 7.12. The Morgan fingerprint density at radius 1 is 1.29 bits per heavy atom. The summed E-state index contributed by atoms with van der Waals surface area (Å²) in [6, 6.07) is 5.99. The predicted molar refractivity (Wildman–Crippen MR) is 105 cm³/mol. The number of benzene rings is 1. The molecule has 2 heterocycles. The molecular formula is C20H29FN4O3. The van der Waals surface area contributed by atoms with E-state index in [-0.39, 0.29) is 23.9 Å². The number of rotatable bonds is 5. The number of ether oxygens (including phenoxy) is 2. The third-order valence-corrected chi connectivity index (χ3v) is 5.01. The van der Waals surface area contributed by atoms with Crippen LogP contribution >= 0.6 is 0 Å². The summed E-state index contributed by atoms with van der Waals surface area (Å²) < 4.78 is 24.3. The number of aliphatic imine (C=N–C) groups is 1. The Bertz CT molecular complexity index is 669. The van der Waals surface area contributed by atoms with Gasteiger partial charge in [-0.05, 0) is 44.0 Å². The first-order valence-corrected chi connectivity index (χ1v) is 9.85. The molecule has 0 saturated carbocycles. The number of halogens is 1. The van der Waals surface area contributed by atoms with E-state index in [9.17, 15) is 9.18 Å². The molecule has 0 bridgehead atoms. The van der Waals surface area contributed by atoms with Crippen LogP contribution in [0.1, 0.15) is 19.8 Å². The van der Waals surface area contributed by atoms with Crippen LogP contribution in [0.5, 0.6) is 5.75 Å². The van der Waals surface area contributed by atoms with Crippen LogP contribution in [0.25, 0.3) is 0 Å². The molecule has 2 aliphatic rings. The largest absolute Gasteiger partial charge is 0.489 e. The van der Waals surface area contributed by atoms with Gasteiger partial charge in [0.1, 0.15) is 23.8 Å². The molecule has 3 rings (SSSR count). The molecule has 0 aromatic heterocycles. The van der Waals surface area contributed by atoms with Crippen molar-refractivity contribution in [2.75, 3.05) is 46.4 Å². The first kappa shape index (κ1) is 20.4. The lowest BCUT2D eigenvalue weighted by Gasteiger charge is -2.37. The third kappa shape index (κ3) is 5.34. The van der Waals surface area contributed by atoms with Gasteiger partial charge in [0.05, 0.1) is 6.54 Å². The molecule has 2 aliphatic heterocycles. The highest BCUT2D eigenvalue weighted by molar-refractivity contribution is 5.82. The molecule has 154 valence electrons. The van der Waals surface area contributed by atoms with E-state index in [1.54, 1.807) is 19.2 Å². The molecule has 2 unspecified atom stereocenters. The van der Waals surface area contributed by atoms with Crippen molar-refractivity contribution in [2.45, 2.75) is 32.0 Å². The smallest absolute Gasteiger partial charge is 0.251 e. The van der Waals surface area contributed by atoms with Gasteiger partial charge in [0.15, 0.2) is 5.96 Å². The number of nitrogens with one attached hydrogen (secondary N) is 1. The predicted octanol–water partition coefficient (Wildman–Crippen LogP) is 1.49. The Hall–Kier alpha value is -2.35. The zero-order valence-corrected chi connectivity index (χ0v) is 16.6. The van der Waals surface area contributed by atoms with Gasteiger partial charge in [-0.1, -0.05) is 0 Å². The van der Waals surface area contributed by atoms with Gasteiger partial charge < -0.3 is 24.6 Å². The molecule has 0 aliphatic carbocycles. The van der Waals surface area contributed by atoms with Crippen molar-refractivity contribution in [3.63, 3.8) is 0 Å². The summed E-state index contributed by atoms with van der Waals surface area (Å²) in [6.07, 6.45) is 1.43. The number of nitrogens with zero attached hydrogens (tertiary/aromatic N) is 3. The highest BCUT2D eigenvalue weighted by Gasteiger charge is 2.30. The van der Waals surface area contributed by atoms with E-state index in [1.165, 1.54) is 12.1 Å². The molecular weight excluding hydrogens is 363 g/mol. The number of carbonyl (C=O) groups excluding carboxylic acids is 1. The van der Waals surface area contributed by atoms with Crippen molar-refractivity contribution in [3.8, 4) is 5.75 Å². The molecule has 1 aromatic carbocycles. The van der Waals surface area contributed by atoms with E-state index in [2.05, 4.69) is 15.2 Å². The van der Waals surface area contributed by atoms with Gasteiger partial charge in [-0.2, -0.15) is 0 Å². The summed E-state index contributed by atoms with van der Waals surface area (Å²) in [6.45, 7) is 5.99. The fourth-order valence-electron chi connectivity index (χ4n) is 3.47. The average Bonchev–Trinajstić information content (AvgIpc) is 3.25. The van der Waals surface area contributed by atoms with Gasteiger partial charge >= 0.3 is 0 Å². The molecule has 2 fully saturated rings. The molecule has 0 radical (unpaired) electrons. The number of hydrogen-bond donors (Lipinski definition) is 1. The van der Waals surface area contributed by atoms with Crippen LogP contribution in [0.15, 0.2) is 29.3 Å². The van der Waals surface area contributed by atoms with E-state index in [1.807, 2.05) is 11.8 Å². The lowest BCUT2D eigenvalue weighted by atomic mass is 10.2. The summed E-state index contributed by atoms with van der Waals surface area (Å²) in [5.74, 6) is 1.25. The SMILES string of the molecule is CN=C(NCC(C)Oc1ccc(F)cc1)N1CCN(C(=O)C2CCCO2)CC1. The van der Waals surface area contributed by atoms with Crippen LogP contribution in [-0.2, 0) is 9.53 Å². The number of piperazine rings is 1. The van der Waals surface area contributed by atoms with Gasteiger partial charge in [0, 0.05) is 39.8 Å². The molecule has 1 aromatic rings. The molecule has 2 saturated heterocycles. The Balaban J connectivity index is 1.42. The maximum absolute atomic E-state index is 13.0. The maximum Gasteiger partial charge on any atom is 0.251 e. The summed E-state index contributed by atoms with van der Waals surface area (Å²) in [7, 11) is 1.75. The van der Waals surface area contributed by atoms with Crippen LogP contribution in [0, 0.1) is 5.82 Å². The van der Waals surface area contributed by atoms with E-state index in [0.717, 1.165) is 31.9 Å². The lowest BCUT2D eigenvalue weighted by molar-refractivity contribution is -0.142. The van der Waals surface area contributed by atoms with Gasteiger partial charge in [-0.3, -0.25) is 9.79 Å². The van der Waals surface area contributed by atoms with Crippen LogP contribution in [0.4, 0.5) is 4.39 Å². The summed E-state index contributed by atoms with van der Waals surface area (Å²) in [5.41, 5.74) is 0. The van der Waals surface area contributed by atoms with Crippen LogP contribution in [0.2, 0.25) is 0 Å². The van der Waals surface area contributed by atoms with Gasteiger partial charge in [0.25, 0.3) is 5.91 Å². The molecule has 7 nitrogen and oxygen atoms in total. The third-order valence-electron chi connectivity index (χ3n) is 5.01. The minimum atomic E-state index is -0.282. The van der Waals surface area contributed by atoms with E-state index in [0.29, 0.717) is 32.0 Å². The number of guanidine groups is 1. The lowest BCUT2D eigenvalue weighted by Crippen LogP contribution is -2.55. The van der Waals surface area contributed by atoms with Gasteiger partial charge in [0.2, 0.25) is 0 Å². The minimum absolute atomic E-state index is 0.107. The Kier molecular flexibility index (Phi) is 7.08. The zero-order chi connectivity index (χ0) is 19.9. The standard InChI is InChI=1S/C20H29FN4O3/c1-15(28-17-7-5-16(21)6-8-17)14-23-20(22-2)25-11-9-24(10-12-25)19(26)18-4-3-13-27-18/h5-8,15,18H,3-4,9-14H2,1-2H3,(H,22,23). The average molecular weight is 392 g/mol. The number of carbonyl (C=O) groups is 1. The van der Waals surface area contributed by atoms with Gasteiger partial charge in [-0.25, -0.2) is 4.39 Å². The van der Waals surface area contributed by atoms with Crippen LogP contribution in [0.3, 0.4) is 0 Å². The van der Waals surface area contributed by atoms with Crippen molar-refractivity contribution in [1.29, 1.82) is 0 Å². The monoisotopic (exact) mass is 392 g/mol. The van der Waals surface area contributed by atoms with E-state index in [4.69, 9.17) is 9.47 Å². The number of amides is 1. The van der Waals surface area contributed by atoms with Gasteiger partial charge in [-0.15, -0.1) is 0 Å². The molecule has 28 heavy (non-hydrogen) atoms. The fraction of sp³-hybridized carbons (Fsp3) is 0.600. The molecule has 8 heteroatoms. The van der Waals surface area contributed by atoms with E-state index >= 15 is 0 Å². The first-order chi connectivity index (χ1) is 13.6. The quantitative estimate of drug-likeness (QED) is 0.608. The zero-order valence-electron chi connectivity index (χ0n) is 16.6. The second kappa shape index (κ2) is 9.73. The topological polar surface area (TPSA) is 66.4 Å². The number of hydrogen-bond acceptors (Lipinski definition) is 4. The summed E-state index contributed by atoms with van der Waals surface area (Å²) in [4.78, 5) is 20.8. The Labute approximate surface area is 165 Å². The van der Waals surface area contributed by atoms with Crippen LogP contribution < -0.4 is 10.1 Å². The maximum atomic E-state index is 13.0. The van der Waals surface area contributed by atoms with Crippen molar-refractivity contribution < 1.29 is 18.7 Å². The highest BCUT2D eigenvalue weighted by atomic mass is 19.1. The van der Waals surface area contributed by atoms with Crippen molar-refractivity contribution in [3.05, 3.63) is 30.1 Å². The minimum Gasteiger partial charge on any atom is -0.489 e. The molecule has 1 N–H and O–H groups in total. The highest BCUT2D eigenvalue weighted by Crippen LogP contribution is 2.16. The van der Waals surface area contributed by atoms with Crippen molar-refractivity contribution in [2.24, 2.45) is 4.99 Å². The van der Waals surface area contributed by atoms with E-state index < -0.39 is 0 Å². The Morgan fingerprint density at radius 2 is 1.96 bits per heavy atom. The Morgan fingerprint density at radius 3 is 2.57 bits per heavy atom. The first-order valence-electron chi connectivity index (χ1n) is 9.85. The molecule has 1 amide bonds. The second-order valence-corrected chi connectivity index (χ2v) is 7.12.